The summed E-state index contributed by atoms with van der Waals surface area (Å²) >= 11 is 0. The molecule has 16 heavy (non-hydrogen) atoms. The van der Waals surface area contributed by atoms with E-state index in [1.807, 2.05) is 0 Å². The van der Waals surface area contributed by atoms with E-state index in [1.165, 1.54) is 13.0 Å². The minimum absolute atomic E-state index is 0.174. The van der Waals surface area contributed by atoms with Gasteiger partial charge >= 0.3 is 6.18 Å². The molecule has 88 valence electrons. The summed E-state index contributed by atoms with van der Waals surface area (Å²) in [5.74, 6) is -0.174. The van der Waals surface area contributed by atoms with Crippen molar-refractivity contribution in [2.24, 2.45) is 0 Å². The summed E-state index contributed by atoms with van der Waals surface area (Å²) in [6.07, 6.45) is -3.15. The van der Waals surface area contributed by atoms with Crippen LogP contribution in [0.4, 0.5) is 13.2 Å². The highest BCUT2D eigenvalue weighted by Gasteiger charge is 2.30. The summed E-state index contributed by atoms with van der Waals surface area (Å²) in [7, 11) is 0. The first kappa shape index (κ1) is 12.5. The molecule has 0 unspecified atom stereocenters. The number of hydrogen-bond acceptors (Lipinski definition) is 2. The van der Waals surface area contributed by atoms with Crippen LogP contribution >= 0.6 is 0 Å². The lowest BCUT2D eigenvalue weighted by molar-refractivity contribution is -0.137. The number of nitrogens with one attached hydrogen (secondary N) is 1. The van der Waals surface area contributed by atoms with Crippen LogP contribution in [0.2, 0.25) is 0 Å². The van der Waals surface area contributed by atoms with Gasteiger partial charge in [0.1, 0.15) is 0 Å². The van der Waals surface area contributed by atoms with Gasteiger partial charge in [-0.2, -0.15) is 13.2 Å². The Morgan fingerprint density at radius 1 is 1.44 bits per heavy atom. The van der Waals surface area contributed by atoms with Crippen molar-refractivity contribution >= 4 is 5.91 Å². The highest BCUT2D eigenvalue weighted by Crippen LogP contribution is 2.28. The minimum Gasteiger partial charge on any atom is -0.356 e. The molecule has 3 nitrogen and oxygen atoms in total. The van der Waals surface area contributed by atoms with Gasteiger partial charge < -0.3 is 5.32 Å². The molecule has 1 aromatic heterocycles. The zero-order valence-corrected chi connectivity index (χ0v) is 8.64. The predicted molar refractivity (Wildman–Crippen MR) is 51.6 cm³/mol. The van der Waals surface area contributed by atoms with Crippen LogP contribution in [0, 0.1) is 0 Å². The summed E-state index contributed by atoms with van der Waals surface area (Å²) in [6.45, 7) is 1.74. The van der Waals surface area contributed by atoms with Gasteiger partial charge in [0, 0.05) is 31.8 Å². The monoisotopic (exact) mass is 232 g/mol. The van der Waals surface area contributed by atoms with Crippen LogP contribution in [0.3, 0.4) is 0 Å². The van der Waals surface area contributed by atoms with Crippen LogP contribution in [0.15, 0.2) is 18.3 Å². The van der Waals surface area contributed by atoms with Crippen LogP contribution in [0.25, 0.3) is 0 Å². The first-order valence-electron chi connectivity index (χ1n) is 4.66. The molecule has 0 atom stereocenters. The number of halogens is 3. The van der Waals surface area contributed by atoms with E-state index in [2.05, 4.69) is 10.3 Å². The Bertz CT molecular complexity index is 359. The molecule has 0 aliphatic rings. The van der Waals surface area contributed by atoms with E-state index in [0.717, 1.165) is 12.3 Å². The summed E-state index contributed by atoms with van der Waals surface area (Å²) in [5.41, 5.74) is -0.252. The lowest BCUT2D eigenvalue weighted by atomic mass is 10.2. The number of pyridine rings is 1. The number of nitrogens with zero attached hydrogens (tertiary/aromatic N) is 1. The second kappa shape index (κ2) is 4.96. The van der Waals surface area contributed by atoms with Gasteiger partial charge in [0.25, 0.3) is 0 Å². The Morgan fingerprint density at radius 3 is 2.56 bits per heavy atom. The SMILES string of the molecule is CC(=O)NCCc1ccc(C(F)(F)F)cn1. The smallest absolute Gasteiger partial charge is 0.356 e. The molecular weight excluding hydrogens is 221 g/mol. The topological polar surface area (TPSA) is 42.0 Å². The maximum atomic E-state index is 12.2. The van der Waals surface area contributed by atoms with Crippen molar-refractivity contribution in [1.29, 1.82) is 0 Å². The molecule has 1 N–H and O–H groups in total. The Morgan fingerprint density at radius 2 is 2.12 bits per heavy atom. The molecule has 0 aliphatic heterocycles. The second-order valence-corrected chi connectivity index (χ2v) is 3.27. The van der Waals surface area contributed by atoms with Crippen LogP contribution in [-0.4, -0.2) is 17.4 Å². The third-order valence-corrected chi connectivity index (χ3v) is 1.91. The van der Waals surface area contributed by atoms with Gasteiger partial charge in [0.05, 0.1) is 5.56 Å². The fourth-order valence-electron chi connectivity index (χ4n) is 1.11. The molecule has 0 aliphatic carbocycles. The average molecular weight is 232 g/mol. The van der Waals surface area contributed by atoms with Gasteiger partial charge in [0.2, 0.25) is 5.91 Å². The van der Waals surface area contributed by atoms with Gasteiger partial charge in [0.15, 0.2) is 0 Å². The number of rotatable bonds is 3. The second-order valence-electron chi connectivity index (χ2n) is 3.27. The van der Waals surface area contributed by atoms with Crippen molar-refractivity contribution in [1.82, 2.24) is 10.3 Å². The summed E-state index contributed by atoms with van der Waals surface area (Å²) in [4.78, 5) is 14.2. The minimum atomic E-state index is -4.36. The van der Waals surface area contributed by atoms with Crippen LogP contribution in [-0.2, 0) is 17.4 Å². The molecule has 0 bridgehead atoms. The van der Waals surface area contributed by atoms with Gasteiger partial charge in [-0.05, 0) is 12.1 Å². The lowest BCUT2D eigenvalue weighted by Gasteiger charge is -2.06. The number of aromatic nitrogens is 1. The van der Waals surface area contributed by atoms with Crippen LogP contribution < -0.4 is 5.32 Å². The highest BCUT2D eigenvalue weighted by atomic mass is 19.4. The maximum Gasteiger partial charge on any atom is 0.417 e. The molecule has 0 spiro atoms. The van der Waals surface area contributed by atoms with Crippen molar-refractivity contribution in [3.05, 3.63) is 29.6 Å². The number of hydrogen-bond donors (Lipinski definition) is 1. The van der Waals surface area contributed by atoms with E-state index in [1.54, 1.807) is 0 Å². The van der Waals surface area contributed by atoms with Crippen molar-refractivity contribution in [2.45, 2.75) is 19.5 Å². The lowest BCUT2D eigenvalue weighted by Crippen LogP contribution is -2.22. The normalized spacial score (nSPS) is 11.2. The summed E-state index contributed by atoms with van der Waals surface area (Å²) in [6, 6.07) is 2.29. The first-order chi connectivity index (χ1) is 7.39. The molecule has 1 rings (SSSR count). The van der Waals surface area contributed by atoms with Crippen molar-refractivity contribution < 1.29 is 18.0 Å². The van der Waals surface area contributed by atoms with Gasteiger partial charge in [-0.3, -0.25) is 9.78 Å². The number of carbonyl (C=O) groups excluding carboxylic acids is 1. The van der Waals surface area contributed by atoms with E-state index in [4.69, 9.17) is 0 Å². The Balaban J connectivity index is 2.55. The van der Waals surface area contributed by atoms with E-state index in [-0.39, 0.29) is 5.91 Å². The van der Waals surface area contributed by atoms with Crippen molar-refractivity contribution in [3.8, 4) is 0 Å². The number of carbonyl (C=O) groups is 1. The largest absolute Gasteiger partial charge is 0.417 e. The third kappa shape index (κ3) is 3.88. The maximum absolute atomic E-state index is 12.2. The fourth-order valence-corrected chi connectivity index (χ4v) is 1.11. The standard InChI is InChI=1S/C10H11F3N2O/c1-7(16)14-5-4-9-3-2-8(6-15-9)10(11,12)13/h2-3,6H,4-5H2,1H3,(H,14,16). The van der Waals surface area contributed by atoms with E-state index in [0.29, 0.717) is 18.7 Å². The molecule has 6 heteroatoms. The Labute approximate surface area is 90.7 Å². The first-order valence-corrected chi connectivity index (χ1v) is 4.66. The van der Waals surface area contributed by atoms with Gasteiger partial charge in [-0.25, -0.2) is 0 Å². The molecule has 0 radical (unpaired) electrons. The predicted octanol–water partition coefficient (Wildman–Crippen LogP) is 1.78. The molecule has 0 aromatic carbocycles. The molecule has 0 fully saturated rings. The average Bonchev–Trinajstić information content (AvgIpc) is 2.16. The van der Waals surface area contributed by atoms with Crippen molar-refractivity contribution in [2.75, 3.05) is 6.54 Å². The summed E-state index contributed by atoms with van der Waals surface area (Å²) in [5, 5.41) is 2.54. The fraction of sp³-hybridized carbons (Fsp3) is 0.400. The van der Waals surface area contributed by atoms with Gasteiger partial charge in [-0.15, -0.1) is 0 Å². The number of amides is 1. The van der Waals surface area contributed by atoms with Crippen LogP contribution in [0.1, 0.15) is 18.2 Å². The van der Waals surface area contributed by atoms with Gasteiger partial charge in [-0.1, -0.05) is 0 Å². The van der Waals surface area contributed by atoms with E-state index >= 15 is 0 Å². The molecule has 1 aromatic rings. The quantitative estimate of drug-likeness (QED) is 0.863. The third-order valence-electron chi connectivity index (χ3n) is 1.91. The Hall–Kier alpha value is -1.59. The summed E-state index contributed by atoms with van der Waals surface area (Å²) < 4.78 is 36.5. The van der Waals surface area contributed by atoms with Crippen LogP contribution in [0.5, 0.6) is 0 Å². The zero-order valence-electron chi connectivity index (χ0n) is 8.64. The van der Waals surface area contributed by atoms with E-state index < -0.39 is 11.7 Å². The molecular formula is C10H11F3N2O. The zero-order chi connectivity index (χ0) is 12.2. The number of alkyl halides is 3. The molecule has 1 amide bonds. The van der Waals surface area contributed by atoms with Crippen molar-refractivity contribution in [3.63, 3.8) is 0 Å². The molecule has 0 saturated heterocycles. The van der Waals surface area contributed by atoms with E-state index in [9.17, 15) is 18.0 Å². The molecule has 1 heterocycles. The Kier molecular flexibility index (Phi) is 3.87. The highest BCUT2D eigenvalue weighted by molar-refractivity contribution is 5.72. The molecule has 0 saturated carbocycles.